The fourth-order valence-corrected chi connectivity index (χ4v) is 3.18. The van der Waals surface area contributed by atoms with Crippen LogP contribution in [0, 0.1) is 0 Å². The molecule has 0 spiro atoms. The normalized spacial score (nSPS) is 10.8. The molecule has 0 atom stereocenters. The highest BCUT2D eigenvalue weighted by Gasteiger charge is 2.16. The van der Waals surface area contributed by atoms with E-state index in [0.717, 1.165) is 5.56 Å². The Kier molecular flexibility index (Phi) is 8.71. The zero-order valence-electron chi connectivity index (χ0n) is 20.2. The van der Waals surface area contributed by atoms with E-state index < -0.39 is 5.91 Å². The summed E-state index contributed by atoms with van der Waals surface area (Å²) in [5.41, 5.74) is 1.82. The maximum absolute atomic E-state index is 13.1. The Morgan fingerprint density at radius 2 is 1.43 bits per heavy atom. The predicted molar refractivity (Wildman–Crippen MR) is 132 cm³/mol. The number of carbonyl (C=O) groups excluding carboxylic acids is 1. The summed E-state index contributed by atoms with van der Waals surface area (Å²) in [5, 5.41) is 5.95. The third-order valence-corrected chi connectivity index (χ3v) is 4.94. The third kappa shape index (κ3) is 6.53. The van der Waals surface area contributed by atoms with Crippen molar-refractivity contribution in [2.45, 2.75) is 6.54 Å². The number of rotatable bonds is 9. The molecule has 0 aliphatic carbocycles. The molecule has 35 heavy (non-hydrogen) atoms. The Morgan fingerprint density at radius 3 is 1.94 bits per heavy atom. The van der Waals surface area contributed by atoms with Crippen LogP contribution >= 0.6 is 0 Å². The lowest BCUT2D eigenvalue weighted by Crippen LogP contribution is -2.36. The fraction of sp³-hybridized carbons (Fsp3) is 0.240. The fourth-order valence-electron chi connectivity index (χ4n) is 3.18. The van der Waals surface area contributed by atoms with Crippen molar-refractivity contribution in [3.8, 4) is 28.7 Å². The molecule has 0 unspecified atom stereocenters. The van der Waals surface area contributed by atoms with E-state index in [1.54, 1.807) is 42.7 Å². The van der Waals surface area contributed by atoms with E-state index in [0.29, 0.717) is 46.5 Å². The van der Waals surface area contributed by atoms with Gasteiger partial charge in [-0.2, -0.15) is 0 Å². The highest BCUT2D eigenvalue weighted by atomic mass is 16.5. The lowest BCUT2D eigenvalue weighted by atomic mass is 10.2. The minimum atomic E-state index is -0.407. The van der Waals surface area contributed by atoms with E-state index >= 15 is 0 Å². The lowest BCUT2D eigenvalue weighted by molar-refractivity contribution is 0.0976. The lowest BCUT2D eigenvalue weighted by Gasteiger charge is -2.17. The summed E-state index contributed by atoms with van der Waals surface area (Å²) in [6, 6.07) is 12.0. The van der Waals surface area contributed by atoms with E-state index in [-0.39, 0.29) is 5.96 Å². The number of pyridine rings is 1. The number of guanidine groups is 1. The van der Waals surface area contributed by atoms with Crippen LogP contribution in [-0.4, -0.2) is 52.4 Å². The van der Waals surface area contributed by atoms with E-state index in [1.165, 1.54) is 35.5 Å². The minimum Gasteiger partial charge on any atom is -0.497 e. The first-order chi connectivity index (χ1) is 17.0. The van der Waals surface area contributed by atoms with Crippen molar-refractivity contribution in [3.05, 3.63) is 66.0 Å². The zero-order valence-corrected chi connectivity index (χ0v) is 20.2. The molecule has 1 amide bonds. The molecule has 2 aromatic carbocycles. The van der Waals surface area contributed by atoms with Gasteiger partial charge in [0.25, 0.3) is 5.91 Å². The van der Waals surface area contributed by atoms with E-state index in [1.807, 2.05) is 12.1 Å². The average molecular weight is 481 g/mol. The molecule has 0 saturated carbocycles. The first kappa shape index (κ1) is 25.2. The number of ether oxygens (including phenoxy) is 5. The van der Waals surface area contributed by atoms with E-state index in [9.17, 15) is 4.79 Å². The molecule has 0 fully saturated rings. The smallest absolute Gasteiger partial charge is 0.258 e. The van der Waals surface area contributed by atoms with Crippen molar-refractivity contribution in [1.29, 1.82) is 0 Å². The number of carbonyl (C=O) groups is 1. The van der Waals surface area contributed by atoms with Crippen LogP contribution in [0.25, 0.3) is 0 Å². The second-order valence-electron chi connectivity index (χ2n) is 7.11. The van der Waals surface area contributed by atoms with Crippen LogP contribution in [0.3, 0.4) is 0 Å². The number of amides is 1. The topological polar surface area (TPSA) is 113 Å². The molecule has 1 aromatic heterocycles. The number of aromatic nitrogens is 1. The van der Waals surface area contributed by atoms with Crippen molar-refractivity contribution in [3.63, 3.8) is 0 Å². The monoisotopic (exact) mass is 480 g/mol. The van der Waals surface area contributed by atoms with Gasteiger partial charge in [-0.3, -0.25) is 15.1 Å². The first-order valence-corrected chi connectivity index (χ1v) is 10.6. The standard InChI is InChI=1S/C25H28N4O6/c1-31-19-10-17(11-20(14-19)32-2)24(30)29-25(27-15-16-6-8-26-9-7-16)28-18-12-21(33-3)23(35-5)22(13-18)34-4/h6-14H,15H2,1-5H3,(H2,27,28,29,30). The second-order valence-corrected chi connectivity index (χ2v) is 7.11. The van der Waals surface area contributed by atoms with Crippen molar-refractivity contribution in [2.24, 2.45) is 4.99 Å². The summed E-state index contributed by atoms with van der Waals surface area (Å²) in [6.45, 7) is 0.303. The van der Waals surface area contributed by atoms with Crippen molar-refractivity contribution < 1.29 is 28.5 Å². The van der Waals surface area contributed by atoms with Crippen LogP contribution in [0.4, 0.5) is 5.69 Å². The van der Waals surface area contributed by atoms with Crippen molar-refractivity contribution >= 4 is 17.6 Å². The van der Waals surface area contributed by atoms with Crippen molar-refractivity contribution in [1.82, 2.24) is 10.3 Å². The van der Waals surface area contributed by atoms with E-state index in [2.05, 4.69) is 20.6 Å². The zero-order chi connectivity index (χ0) is 25.2. The predicted octanol–water partition coefficient (Wildman–Crippen LogP) is 3.52. The Balaban J connectivity index is 1.94. The molecule has 184 valence electrons. The van der Waals surface area contributed by atoms with Crippen LogP contribution in [0.1, 0.15) is 15.9 Å². The number of nitrogens with zero attached hydrogens (tertiary/aromatic N) is 2. The molecule has 1 heterocycles. The van der Waals surface area contributed by atoms with Gasteiger partial charge in [-0.25, -0.2) is 4.99 Å². The summed E-state index contributed by atoms with van der Waals surface area (Å²) in [6.07, 6.45) is 3.36. The van der Waals surface area contributed by atoms with Gasteiger partial charge in [0.05, 0.1) is 42.1 Å². The summed E-state index contributed by atoms with van der Waals surface area (Å²) >= 11 is 0. The van der Waals surface area contributed by atoms with Gasteiger partial charge in [0.2, 0.25) is 11.7 Å². The Hall–Kier alpha value is -4.47. The minimum absolute atomic E-state index is 0.211. The first-order valence-electron chi connectivity index (χ1n) is 10.6. The SMILES string of the molecule is COc1cc(OC)cc(C(=O)NC(=NCc2ccncc2)Nc2cc(OC)c(OC)c(OC)c2)c1. The van der Waals surface area contributed by atoms with Crippen LogP contribution in [0.5, 0.6) is 28.7 Å². The molecule has 0 bridgehead atoms. The van der Waals surface area contributed by atoms with Gasteiger partial charge in [-0.1, -0.05) is 0 Å². The Bertz CT molecular complexity index is 1140. The van der Waals surface area contributed by atoms with Gasteiger partial charge >= 0.3 is 0 Å². The summed E-state index contributed by atoms with van der Waals surface area (Å²) < 4.78 is 26.8. The maximum atomic E-state index is 13.1. The number of hydrogen-bond acceptors (Lipinski definition) is 8. The molecule has 10 nitrogen and oxygen atoms in total. The number of nitrogens with one attached hydrogen (secondary N) is 2. The number of anilines is 1. The largest absolute Gasteiger partial charge is 0.497 e. The average Bonchev–Trinajstić information content (AvgIpc) is 2.91. The van der Waals surface area contributed by atoms with Gasteiger partial charge in [-0.05, 0) is 29.8 Å². The summed E-state index contributed by atoms with van der Waals surface area (Å²) in [4.78, 5) is 21.7. The molecule has 10 heteroatoms. The van der Waals surface area contributed by atoms with Crippen LogP contribution in [0.15, 0.2) is 59.9 Å². The molecule has 3 rings (SSSR count). The summed E-state index contributed by atoms with van der Waals surface area (Å²) in [7, 11) is 7.61. The van der Waals surface area contributed by atoms with E-state index in [4.69, 9.17) is 23.7 Å². The maximum Gasteiger partial charge on any atom is 0.258 e. The number of hydrogen-bond donors (Lipinski definition) is 2. The molecular formula is C25H28N4O6. The molecular weight excluding hydrogens is 452 g/mol. The quantitative estimate of drug-likeness (QED) is 0.353. The Morgan fingerprint density at radius 1 is 0.829 bits per heavy atom. The molecule has 0 aliphatic heterocycles. The molecule has 0 radical (unpaired) electrons. The number of benzene rings is 2. The van der Waals surface area contributed by atoms with Crippen LogP contribution in [0.2, 0.25) is 0 Å². The highest BCUT2D eigenvalue weighted by Crippen LogP contribution is 2.39. The highest BCUT2D eigenvalue weighted by molar-refractivity contribution is 6.10. The number of methoxy groups -OCH3 is 5. The third-order valence-electron chi connectivity index (χ3n) is 4.94. The van der Waals surface area contributed by atoms with Gasteiger partial charge in [0.1, 0.15) is 11.5 Å². The van der Waals surface area contributed by atoms with Gasteiger partial charge in [-0.15, -0.1) is 0 Å². The molecule has 0 saturated heterocycles. The number of aliphatic imine (C=N–C) groups is 1. The van der Waals surface area contributed by atoms with Crippen molar-refractivity contribution in [2.75, 3.05) is 40.9 Å². The van der Waals surface area contributed by atoms with Crippen LogP contribution in [-0.2, 0) is 6.54 Å². The molecule has 0 aliphatic rings. The van der Waals surface area contributed by atoms with Crippen LogP contribution < -0.4 is 34.3 Å². The summed E-state index contributed by atoms with van der Waals surface area (Å²) in [5.74, 6) is 2.13. The van der Waals surface area contributed by atoms with Gasteiger partial charge in [0.15, 0.2) is 11.5 Å². The molecule has 3 aromatic rings. The Labute approximate surface area is 203 Å². The molecule has 2 N–H and O–H groups in total. The second kappa shape index (κ2) is 12.1. The van der Waals surface area contributed by atoms with Gasteiger partial charge in [0, 0.05) is 41.8 Å². The van der Waals surface area contributed by atoms with Gasteiger partial charge < -0.3 is 29.0 Å².